The van der Waals surface area contributed by atoms with Crippen LogP contribution in [-0.2, 0) is 9.47 Å². The molecule has 1 fully saturated rings. The highest BCUT2D eigenvalue weighted by molar-refractivity contribution is 6.07. The van der Waals surface area contributed by atoms with Gasteiger partial charge in [0.25, 0.3) is 0 Å². The Morgan fingerprint density at radius 2 is 1.61 bits per heavy atom. The number of hydrazine groups is 1. The number of nitrogens with zero attached hydrogens (tertiary/aromatic N) is 3. The van der Waals surface area contributed by atoms with Gasteiger partial charge in [0.1, 0.15) is 0 Å². The summed E-state index contributed by atoms with van der Waals surface area (Å²) in [5.74, 6) is 0. The van der Waals surface area contributed by atoms with Crippen LogP contribution in [0.25, 0.3) is 0 Å². The molecule has 1 aliphatic heterocycles. The second-order valence-electron chi connectivity index (χ2n) is 10.2. The van der Waals surface area contributed by atoms with E-state index in [0.717, 1.165) is 29.8 Å². The van der Waals surface area contributed by atoms with Gasteiger partial charge in [0, 0.05) is 5.41 Å². The summed E-state index contributed by atoms with van der Waals surface area (Å²) >= 11 is 0. The molecule has 2 aliphatic rings. The van der Waals surface area contributed by atoms with Crippen LogP contribution < -0.4 is 10.4 Å². The average molecular weight is 493 g/mol. The van der Waals surface area contributed by atoms with Gasteiger partial charge in [-0.25, -0.2) is 20.0 Å². The van der Waals surface area contributed by atoms with Gasteiger partial charge in [-0.15, -0.1) is 0 Å². The van der Waals surface area contributed by atoms with Crippen LogP contribution >= 0.6 is 0 Å². The Morgan fingerprint density at radius 3 is 2.22 bits per heavy atom. The smallest absolute Gasteiger partial charge is 0.429 e. The molecule has 192 valence electrons. The quantitative estimate of drug-likeness (QED) is 0.539. The van der Waals surface area contributed by atoms with Crippen LogP contribution in [0, 0.1) is 5.41 Å². The van der Waals surface area contributed by atoms with Crippen molar-refractivity contribution in [3.8, 4) is 0 Å². The molecule has 0 saturated heterocycles. The van der Waals surface area contributed by atoms with Gasteiger partial charge < -0.3 is 9.47 Å². The van der Waals surface area contributed by atoms with Gasteiger partial charge in [-0.2, -0.15) is 5.10 Å². The van der Waals surface area contributed by atoms with Crippen molar-refractivity contribution < 1.29 is 19.1 Å². The molecular formula is C28H36N4O4. The van der Waals surface area contributed by atoms with Crippen molar-refractivity contribution in [1.29, 1.82) is 0 Å². The van der Waals surface area contributed by atoms with Gasteiger partial charge in [-0.3, -0.25) is 5.01 Å². The molecule has 2 amide bonds. The number of para-hydroxylation sites is 1. The van der Waals surface area contributed by atoms with E-state index in [1.54, 1.807) is 27.7 Å². The number of anilines is 1. The van der Waals surface area contributed by atoms with Crippen molar-refractivity contribution in [1.82, 2.24) is 10.4 Å². The van der Waals surface area contributed by atoms with Gasteiger partial charge in [0.15, 0.2) is 0 Å². The highest BCUT2D eigenvalue weighted by Crippen LogP contribution is 2.49. The maximum Gasteiger partial charge on any atom is 0.429 e. The van der Waals surface area contributed by atoms with Crippen molar-refractivity contribution in [2.24, 2.45) is 10.5 Å². The topological polar surface area (TPSA) is 83.5 Å². The molecule has 1 aliphatic carbocycles. The van der Waals surface area contributed by atoms with Crippen LogP contribution in [0.5, 0.6) is 0 Å². The molecule has 0 bridgehead atoms. The van der Waals surface area contributed by atoms with Crippen LogP contribution in [-0.4, -0.2) is 47.2 Å². The number of ether oxygens (including phenoxy) is 2. The van der Waals surface area contributed by atoms with E-state index in [2.05, 4.69) is 24.5 Å². The molecule has 36 heavy (non-hydrogen) atoms. The third-order valence-electron chi connectivity index (χ3n) is 6.71. The largest absolute Gasteiger partial charge is 0.446 e. The molecule has 3 atom stereocenters. The Morgan fingerprint density at radius 1 is 1.00 bits per heavy atom. The summed E-state index contributed by atoms with van der Waals surface area (Å²) in [7, 11) is 0. The van der Waals surface area contributed by atoms with E-state index in [9.17, 15) is 9.59 Å². The molecule has 8 heteroatoms. The zero-order valence-corrected chi connectivity index (χ0v) is 21.7. The van der Waals surface area contributed by atoms with E-state index >= 15 is 0 Å². The number of hydrogen-bond acceptors (Lipinski definition) is 6. The molecule has 1 N–H and O–H groups in total. The number of amides is 2. The first-order chi connectivity index (χ1) is 17.2. The normalized spacial score (nSPS) is 23.2. The zero-order valence-electron chi connectivity index (χ0n) is 21.7. The number of hydrogen-bond donors (Lipinski definition) is 1. The van der Waals surface area contributed by atoms with E-state index in [1.807, 2.05) is 53.5 Å². The number of fused-ring (bicyclic) bond motifs is 1. The third-order valence-corrected chi connectivity index (χ3v) is 6.71. The van der Waals surface area contributed by atoms with Crippen molar-refractivity contribution in [3.63, 3.8) is 0 Å². The molecule has 1 saturated carbocycles. The second kappa shape index (κ2) is 10.6. The van der Waals surface area contributed by atoms with Crippen molar-refractivity contribution >= 4 is 23.6 Å². The summed E-state index contributed by atoms with van der Waals surface area (Å²) in [6.07, 6.45) is 0.462. The van der Waals surface area contributed by atoms with Gasteiger partial charge in [0.05, 0.1) is 35.7 Å². The minimum atomic E-state index is -0.688. The van der Waals surface area contributed by atoms with E-state index in [1.165, 1.54) is 5.01 Å². The number of hydrazone groups is 1. The predicted octanol–water partition coefficient (Wildman–Crippen LogP) is 5.73. The Labute approximate surface area is 213 Å². The molecule has 2 aromatic carbocycles. The fraction of sp³-hybridized carbons (Fsp3) is 0.464. The highest BCUT2D eigenvalue weighted by atomic mass is 16.6. The lowest BCUT2D eigenvalue weighted by Gasteiger charge is -2.47. The van der Waals surface area contributed by atoms with Gasteiger partial charge in [-0.05, 0) is 58.2 Å². The lowest BCUT2D eigenvalue weighted by Crippen LogP contribution is -2.64. The summed E-state index contributed by atoms with van der Waals surface area (Å²) in [6, 6.07) is 19.5. The van der Waals surface area contributed by atoms with Crippen LogP contribution in [0.3, 0.4) is 0 Å². The molecule has 4 rings (SSSR count). The lowest BCUT2D eigenvalue weighted by molar-refractivity contribution is 0.0107. The number of benzene rings is 2. The second-order valence-corrected chi connectivity index (χ2v) is 10.2. The van der Waals surface area contributed by atoms with Crippen LogP contribution in [0.15, 0.2) is 65.8 Å². The monoisotopic (exact) mass is 492 g/mol. The van der Waals surface area contributed by atoms with E-state index < -0.39 is 18.2 Å². The number of carbonyl (C=O) groups is 2. The van der Waals surface area contributed by atoms with Crippen molar-refractivity contribution in [2.75, 3.05) is 5.01 Å². The summed E-state index contributed by atoms with van der Waals surface area (Å²) in [5, 5.41) is 8.49. The van der Waals surface area contributed by atoms with E-state index in [4.69, 9.17) is 14.6 Å². The Bertz CT molecular complexity index is 1090. The molecular weight excluding hydrogens is 456 g/mol. The van der Waals surface area contributed by atoms with Gasteiger partial charge in [-0.1, -0.05) is 61.9 Å². The third kappa shape index (κ3) is 5.17. The number of nitrogens with one attached hydrogen (secondary N) is 1. The Balaban J connectivity index is 1.78. The van der Waals surface area contributed by atoms with Crippen LogP contribution in [0.1, 0.15) is 59.4 Å². The predicted molar refractivity (Wildman–Crippen MR) is 140 cm³/mol. The fourth-order valence-electron chi connectivity index (χ4n) is 5.30. The molecule has 0 spiro atoms. The fourth-order valence-corrected chi connectivity index (χ4v) is 5.30. The Hall–Kier alpha value is -3.55. The van der Waals surface area contributed by atoms with Crippen molar-refractivity contribution in [2.45, 2.75) is 78.2 Å². The average Bonchev–Trinajstić information content (AvgIpc) is 3.16. The van der Waals surface area contributed by atoms with Gasteiger partial charge in [0.2, 0.25) is 0 Å². The maximum absolute atomic E-state index is 13.3. The first-order valence-corrected chi connectivity index (χ1v) is 12.7. The maximum atomic E-state index is 13.3. The lowest BCUT2D eigenvalue weighted by atomic mass is 9.65. The summed E-state index contributed by atoms with van der Waals surface area (Å²) in [5.41, 5.74) is 5.27. The molecule has 0 unspecified atom stereocenters. The molecule has 1 heterocycles. The Kier molecular flexibility index (Phi) is 7.52. The minimum absolute atomic E-state index is 0.233. The summed E-state index contributed by atoms with van der Waals surface area (Å²) in [4.78, 5) is 26.0. The number of rotatable bonds is 5. The van der Waals surface area contributed by atoms with Crippen LogP contribution in [0.2, 0.25) is 0 Å². The standard InChI is InChI=1S/C28H36N4O4/c1-19(2)35-26(33)30-32(27(34)36-20(3)4)23-17-12-18-28(5)24(21-13-8-6-9-14-21)29-31(25(23)28)22-15-10-7-11-16-22/h6-11,13-16,19-20,23,25H,12,17-18H2,1-5H3,(H,30,33)/t23-,25+,28+/m0/s1. The first-order valence-electron chi connectivity index (χ1n) is 12.7. The van der Waals surface area contributed by atoms with Crippen LogP contribution in [0.4, 0.5) is 15.3 Å². The van der Waals surface area contributed by atoms with Crippen molar-refractivity contribution in [3.05, 3.63) is 66.2 Å². The number of carbonyl (C=O) groups excluding carboxylic acids is 2. The summed E-state index contributed by atoms with van der Waals surface area (Å²) < 4.78 is 10.9. The molecule has 2 aromatic rings. The van der Waals surface area contributed by atoms with E-state index in [-0.39, 0.29) is 23.7 Å². The summed E-state index contributed by atoms with van der Waals surface area (Å²) in [6.45, 7) is 9.31. The van der Waals surface area contributed by atoms with Gasteiger partial charge >= 0.3 is 12.2 Å². The zero-order chi connectivity index (χ0) is 25.9. The molecule has 0 radical (unpaired) electrons. The molecule has 0 aromatic heterocycles. The van der Waals surface area contributed by atoms with E-state index in [0.29, 0.717) is 6.42 Å². The minimum Gasteiger partial charge on any atom is -0.446 e. The first kappa shape index (κ1) is 25.5. The SMILES string of the molecule is CC(C)OC(=O)NN(C(=O)OC(C)C)[C@H]1CCC[C@]2(C)C(c3ccccc3)=NN(c3ccccc3)[C@H]12. The molecule has 8 nitrogen and oxygen atoms in total. The highest BCUT2D eigenvalue weighted by Gasteiger charge is 2.56.